The maximum atomic E-state index is 11.2. The van der Waals surface area contributed by atoms with Crippen molar-refractivity contribution in [2.75, 3.05) is 12.4 Å². The van der Waals surface area contributed by atoms with Crippen LogP contribution >= 0.6 is 0 Å². The molecular formula is C10H11NO4. The van der Waals surface area contributed by atoms with Gasteiger partial charge in [-0.25, -0.2) is 4.79 Å². The molecule has 5 nitrogen and oxygen atoms in total. The first kappa shape index (κ1) is 11.0. The van der Waals surface area contributed by atoms with Crippen LogP contribution in [0.4, 0.5) is 10.5 Å². The molecule has 0 saturated heterocycles. The third kappa shape index (κ3) is 2.46. The fourth-order valence-electron chi connectivity index (χ4n) is 1.25. The first-order valence-corrected chi connectivity index (χ1v) is 4.24. The summed E-state index contributed by atoms with van der Waals surface area (Å²) in [6.07, 6.45) is -1.20. The predicted molar refractivity (Wildman–Crippen MR) is 54.6 cm³/mol. The molecule has 2 N–H and O–H groups in total. The van der Waals surface area contributed by atoms with Crippen molar-refractivity contribution in [2.24, 2.45) is 0 Å². The van der Waals surface area contributed by atoms with Gasteiger partial charge in [-0.3, -0.25) is 10.1 Å². The van der Waals surface area contributed by atoms with Crippen LogP contribution in [0.15, 0.2) is 18.2 Å². The van der Waals surface area contributed by atoms with Gasteiger partial charge in [0.15, 0.2) is 11.5 Å². The van der Waals surface area contributed by atoms with E-state index in [1.807, 2.05) is 0 Å². The van der Waals surface area contributed by atoms with E-state index in [0.717, 1.165) is 0 Å². The molecule has 0 aliphatic carbocycles. The molecule has 0 spiro atoms. The Morgan fingerprint density at radius 2 is 2.07 bits per heavy atom. The van der Waals surface area contributed by atoms with E-state index < -0.39 is 6.09 Å². The highest BCUT2D eigenvalue weighted by atomic mass is 16.5. The topological polar surface area (TPSA) is 75.6 Å². The summed E-state index contributed by atoms with van der Waals surface area (Å²) in [5.41, 5.74) is 0.612. The van der Waals surface area contributed by atoms with Gasteiger partial charge >= 0.3 is 6.09 Å². The molecule has 15 heavy (non-hydrogen) atoms. The van der Waals surface area contributed by atoms with Crippen molar-refractivity contribution in [1.82, 2.24) is 0 Å². The zero-order valence-corrected chi connectivity index (χ0v) is 8.40. The van der Waals surface area contributed by atoms with Crippen molar-refractivity contribution in [3.05, 3.63) is 23.8 Å². The third-order valence-corrected chi connectivity index (χ3v) is 1.84. The number of rotatable bonds is 3. The molecule has 1 rings (SSSR count). The number of carboxylic acid groups (broad SMARTS) is 1. The van der Waals surface area contributed by atoms with Crippen LogP contribution in [0.1, 0.15) is 17.3 Å². The Hall–Kier alpha value is -2.04. The molecule has 0 aliphatic rings. The number of hydrogen-bond donors (Lipinski definition) is 2. The Morgan fingerprint density at radius 1 is 1.40 bits per heavy atom. The Bertz CT molecular complexity index is 400. The smallest absolute Gasteiger partial charge is 0.409 e. The maximum absolute atomic E-state index is 11.2. The third-order valence-electron chi connectivity index (χ3n) is 1.84. The molecule has 0 aromatic heterocycles. The summed E-state index contributed by atoms with van der Waals surface area (Å²) in [5, 5.41) is 10.7. The maximum Gasteiger partial charge on any atom is 0.409 e. The van der Waals surface area contributed by atoms with Crippen LogP contribution < -0.4 is 10.1 Å². The van der Waals surface area contributed by atoms with Gasteiger partial charge in [0.25, 0.3) is 0 Å². The predicted octanol–water partition coefficient (Wildman–Crippen LogP) is 1.99. The second-order valence-corrected chi connectivity index (χ2v) is 2.87. The van der Waals surface area contributed by atoms with Crippen LogP contribution in [0.25, 0.3) is 0 Å². The molecule has 0 unspecified atom stereocenters. The first-order chi connectivity index (χ1) is 7.06. The fraction of sp³-hybridized carbons (Fsp3) is 0.200. The molecule has 0 radical (unpaired) electrons. The Labute approximate surface area is 86.7 Å². The number of carbonyl (C=O) groups excluding carboxylic acids is 1. The standard InChI is InChI=1S/C10H11NO4/c1-6(12)7-4-3-5-8(9(7)15-2)11-10(13)14/h3-5,11H,1-2H3,(H,13,14). The van der Waals surface area contributed by atoms with Crippen LogP contribution in [0.5, 0.6) is 5.75 Å². The lowest BCUT2D eigenvalue weighted by molar-refractivity contribution is 0.101. The van der Waals surface area contributed by atoms with E-state index >= 15 is 0 Å². The number of Topliss-reactive ketones (excluding diaryl/α,β-unsaturated/α-hetero) is 1. The number of hydrogen-bond acceptors (Lipinski definition) is 3. The van der Waals surface area contributed by atoms with Crippen molar-refractivity contribution >= 4 is 17.6 Å². The summed E-state index contributed by atoms with van der Waals surface area (Å²) in [4.78, 5) is 21.7. The van der Waals surface area contributed by atoms with Gasteiger partial charge in [-0.1, -0.05) is 6.07 Å². The minimum Gasteiger partial charge on any atom is -0.494 e. The molecule has 0 atom stereocenters. The molecule has 5 heteroatoms. The molecule has 1 aromatic carbocycles. The molecule has 1 amide bonds. The lowest BCUT2D eigenvalue weighted by Crippen LogP contribution is -2.10. The lowest BCUT2D eigenvalue weighted by Gasteiger charge is -2.10. The summed E-state index contributed by atoms with van der Waals surface area (Å²) >= 11 is 0. The van der Waals surface area contributed by atoms with Crippen LogP contribution in [0, 0.1) is 0 Å². The van der Waals surface area contributed by atoms with Crippen molar-refractivity contribution in [3.8, 4) is 5.75 Å². The molecular weight excluding hydrogens is 198 g/mol. The van der Waals surface area contributed by atoms with E-state index in [1.165, 1.54) is 20.1 Å². The largest absolute Gasteiger partial charge is 0.494 e. The second kappa shape index (κ2) is 4.45. The minimum atomic E-state index is -1.20. The summed E-state index contributed by atoms with van der Waals surface area (Å²) in [6, 6.07) is 4.69. The summed E-state index contributed by atoms with van der Waals surface area (Å²) in [7, 11) is 1.38. The SMILES string of the molecule is COc1c(NC(=O)O)cccc1C(C)=O. The average Bonchev–Trinajstić information content (AvgIpc) is 2.16. The molecule has 80 valence electrons. The monoisotopic (exact) mass is 209 g/mol. The van der Waals surface area contributed by atoms with Gasteiger partial charge in [0.05, 0.1) is 18.4 Å². The second-order valence-electron chi connectivity index (χ2n) is 2.87. The molecule has 0 heterocycles. The first-order valence-electron chi connectivity index (χ1n) is 4.24. The molecule has 1 aromatic rings. The van der Waals surface area contributed by atoms with Crippen LogP contribution in [-0.4, -0.2) is 24.1 Å². The van der Waals surface area contributed by atoms with E-state index in [1.54, 1.807) is 12.1 Å². The number of para-hydroxylation sites is 1. The number of ether oxygens (including phenoxy) is 1. The zero-order chi connectivity index (χ0) is 11.4. The van der Waals surface area contributed by atoms with E-state index in [9.17, 15) is 9.59 Å². The Balaban J connectivity index is 3.21. The number of amides is 1. The van der Waals surface area contributed by atoms with Crippen molar-refractivity contribution in [3.63, 3.8) is 0 Å². The lowest BCUT2D eigenvalue weighted by atomic mass is 10.1. The van der Waals surface area contributed by atoms with Gasteiger partial charge in [-0.05, 0) is 19.1 Å². The normalized spacial score (nSPS) is 9.47. The Kier molecular flexibility index (Phi) is 3.28. The fourth-order valence-corrected chi connectivity index (χ4v) is 1.25. The highest BCUT2D eigenvalue weighted by Gasteiger charge is 2.13. The molecule has 0 aliphatic heterocycles. The molecule has 0 fully saturated rings. The van der Waals surface area contributed by atoms with Crippen LogP contribution in [0.2, 0.25) is 0 Å². The highest BCUT2D eigenvalue weighted by Crippen LogP contribution is 2.28. The molecule has 0 saturated carbocycles. The van der Waals surface area contributed by atoms with Crippen molar-refractivity contribution in [2.45, 2.75) is 6.92 Å². The minimum absolute atomic E-state index is 0.180. The summed E-state index contributed by atoms with van der Waals surface area (Å²) in [6.45, 7) is 1.39. The van der Waals surface area contributed by atoms with Gasteiger partial charge in [-0.15, -0.1) is 0 Å². The molecule has 0 bridgehead atoms. The summed E-state index contributed by atoms with van der Waals surface area (Å²) in [5.74, 6) is 0.0632. The number of methoxy groups -OCH3 is 1. The average molecular weight is 209 g/mol. The van der Waals surface area contributed by atoms with E-state index in [-0.39, 0.29) is 17.2 Å². The Morgan fingerprint density at radius 3 is 2.53 bits per heavy atom. The van der Waals surface area contributed by atoms with Crippen LogP contribution in [0.3, 0.4) is 0 Å². The number of anilines is 1. The van der Waals surface area contributed by atoms with Gasteiger partial charge in [0.2, 0.25) is 0 Å². The van der Waals surface area contributed by atoms with E-state index in [2.05, 4.69) is 5.32 Å². The van der Waals surface area contributed by atoms with Gasteiger partial charge in [0.1, 0.15) is 0 Å². The van der Waals surface area contributed by atoms with Crippen molar-refractivity contribution < 1.29 is 19.4 Å². The number of ketones is 1. The number of benzene rings is 1. The van der Waals surface area contributed by atoms with Crippen LogP contribution in [-0.2, 0) is 0 Å². The number of carbonyl (C=O) groups is 2. The van der Waals surface area contributed by atoms with Gasteiger partial charge < -0.3 is 9.84 Å². The zero-order valence-electron chi connectivity index (χ0n) is 8.40. The van der Waals surface area contributed by atoms with E-state index in [0.29, 0.717) is 5.56 Å². The van der Waals surface area contributed by atoms with Gasteiger partial charge in [-0.2, -0.15) is 0 Å². The summed E-state index contributed by atoms with van der Waals surface area (Å²) < 4.78 is 4.99. The van der Waals surface area contributed by atoms with Gasteiger partial charge in [0, 0.05) is 0 Å². The van der Waals surface area contributed by atoms with E-state index in [4.69, 9.17) is 9.84 Å². The number of nitrogens with one attached hydrogen (secondary N) is 1. The van der Waals surface area contributed by atoms with Crippen molar-refractivity contribution in [1.29, 1.82) is 0 Å². The highest BCUT2D eigenvalue weighted by molar-refractivity contribution is 6.00. The quantitative estimate of drug-likeness (QED) is 0.746.